The van der Waals surface area contributed by atoms with Crippen molar-refractivity contribution in [2.75, 3.05) is 30.9 Å². The van der Waals surface area contributed by atoms with Gasteiger partial charge in [0, 0.05) is 6.04 Å². The number of nitrogens with two attached hydrogens (primary N) is 1. The maximum Gasteiger partial charge on any atom is 0.265 e. The first-order chi connectivity index (χ1) is 9.53. The molecule has 1 aromatic rings. The van der Waals surface area contributed by atoms with Crippen LogP contribution in [-0.2, 0) is 0 Å². The molecule has 0 saturated heterocycles. The lowest BCUT2D eigenvalue weighted by molar-refractivity contribution is 0.0377. The van der Waals surface area contributed by atoms with Crippen molar-refractivity contribution < 1.29 is 20.1 Å². The van der Waals surface area contributed by atoms with Crippen molar-refractivity contribution in [2.45, 2.75) is 24.4 Å². The molecule has 1 aliphatic rings. The van der Waals surface area contributed by atoms with Gasteiger partial charge in [-0.05, 0) is 12.8 Å². The standard InChI is InChI=1S/C11H18N4O4S/c12-8-7(20-10(14-8)13-6-1-2-6)9(19)15-11(3-16,4-17)5-18/h6,16-18H,1-5,12H2,(H,13,14)(H,15,19). The van der Waals surface area contributed by atoms with Gasteiger partial charge in [-0.1, -0.05) is 11.3 Å². The quantitative estimate of drug-likeness (QED) is 0.369. The molecule has 1 amide bonds. The minimum Gasteiger partial charge on any atom is -0.394 e. The monoisotopic (exact) mass is 302 g/mol. The van der Waals surface area contributed by atoms with E-state index in [1.54, 1.807) is 0 Å². The Hall–Kier alpha value is -1.42. The molecule has 9 heteroatoms. The fraction of sp³-hybridized carbons (Fsp3) is 0.636. The second-order valence-electron chi connectivity index (χ2n) is 4.86. The minimum atomic E-state index is -1.47. The summed E-state index contributed by atoms with van der Waals surface area (Å²) in [5, 5.41) is 33.6. The van der Waals surface area contributed by atoms with Crippen LogP contribution in [0.5, 0.6) is 0 Å². The Balaban J connectivity index is 2.09. The second kappa shape index (κ2) is 5.92. The summed E-state index contributed by atoms with van der Waals surface area (Å²) >= 11 is 1.10. The predicted octanol–water partition coefficient (Wildman–Crippen LogP) is -1.25. The molecule has 0 spiro atoms. The number of amides is 1. The molecule has 1 aliphatic carbocycles. The maximum atomic E-state index is 12.1. The summed E-state index contributed by atoms with van der Waals surface area (Å²) < 4.78 is 0. The average molecular weight is 302 g/mol. The SMILES string of the molecule is Nc1nc(NC2CC2)sc1C(=O)NC(CO)(CO)CO. The molecule has 20 heavy (non-hydrogen) atoms. The fourth-order valence-corrected chi connectivity index (χ4v) is 2.38. The van der Waals surface area contributed by atoms with Crippen LogP contribution in [0.15, 0.2) is 0 Å². The molecule has 0 aliphatic heterocycles. The number of nitrogens with one attached hydrogen (secondary N) is 2. The number of carbonyl (C=O) groups excluding carboxylic acids is 1. The van der Waals surface area contributed by atoms with E-state index in [9.17, 15) is 20.1 Å². The van der Waals surface area contributed by atoms with E-state index in [0.29, 0.717) is 11.2 Å². The van der Waals surface area contributed by atoms with E-state index >= 15 is 0 Å². The summed E-state index contributed by atoms with van der Waals surface area (Å²) in [5.74, 6) is -0.501. The van der Waals surface area contributed by atoms with E-state index in [2.05, 4.69) is 15.6 Å². The van der Waals surface area contributed by atoms with Gasteiger partial charge in [0.1, 0.15) is 16.2 Å². The molecular weight excluding hydrogens is 284 g/mol. The summed E-state index contributed by atoms with van der Waals surface area (Å²) in [6.07, 6.45) is 2.15. The number of thiazole rings is 1. The van der Waals surface area contributed by atoms with Gasteiger partial charge >= 0.3 is 0 Å². The first-order valence-electron chi connectivity index (χ1n) is 6.21. The largest absolute Gasteiger partial charge is 0.394 e. The van der Waals surface area contributed by atoms with E-state index < -0.39 is 31.3 Å². The minimum absolute atomic E-state index is 0.0818. The van der Waals surface area contributed by atoms with E-state index in [1.807, 2.05) is 0 Å². The topological polar surface area (TPSA) is 141 Å². The zero-order valence-corrected chi connectivity index (χ0v) is 11.6. The number of rotatable bonds is 7. The van der Waals surface area contributed by atoms with E-state index in [4.69, 9.17) is 5.73 Å². The Morgan fingerprint density at radius 1 is 1.35 bits per heavy atom. The third-order valence-electron chi connectivity index (χ3n) is 3.05. The molecule has 112 valence electrons. The Labute approximate surface area is 119 Å². The van der Waals surface area contributed by atoms with Gasteiger partial charge in [0.15, 0.2) is 5.13 Å². The molecule has 0 aromatic carbocycles. The zero-order chi connectivity index (χ0) is 14.8. The van der Waals surface area contributed by atoms with Crippen molar-refractivity contribution in [3.05, 3.63) is 4.88 Å². The Kier molecular flexibility index (Phi) is 4.43. The van der Waals surface area contributed by atoms with Gasteiger partial charge in [-0.25, -0.2) is 4.98 Å². The van der Waals surface area contributed by atoms with Crippen molar-refractivity contribution in [1.29, 1.82) is 0 Å². The molecule has 8 nitrogen and oxygen atoms in total. The highest BCUT2D eigenvalue weighted by atomic mass is 32.1. The zero-order valence-electron chi connectivity index (χ0n) is 10.8. The lowest BCUT2D eigenvalue weighted by Gasteiger charge is -2.28. The highest BCUT2D eigenvalue weighted by Crippen LogP contribution is 2.30. The van der Waals surface area contributed by atoms with Crippen molar-refractivity contribution in [3.8, 4) is 0 Å². The van der Waals surface area contributed by atoms with Crippen molar-refractivity contribution >= 4 is 28.2 Å². The number of carbonyl (C=O) groups is 1. The van der Waals surface area contributed by atoms with Crippen LogP contribution in [0.1, 0.15) is 22.5 Å². The van der Waals surface area contributed by atoms with Crippen LogP contribution in [0.3, 0.4) is 0 Å². The molecule has 0 bridgehead atoms. The van der Waals surface area contributed by atoms with Crippen LogP contribution in [0, 0.1) is 0 Å². The number of aliphatic hydroxyl groups excluding tert-OH is 3. The Morgan fingerprint density at radius 2 is 1.95 bits per heavy atom. The molecule has 2 rings (SSSR count). The Morgan fingerprint density at radius 3 is 2.45 bits per heavy atom. The molecule has 0 atom stereocenters. The van der Waals surface area contributed by atoms with Gasteiger partial charge in [-0.15, -0.1) is 0 Å². The maximum absolute atomic E-state index is 12.1. The van der Waals surface area contributed by atoms with E-state index in [-0.39, 0.29) is 10.7 Å². The van der Waals surface area contributed by atoms with Crippen molar-refractivity contribution in [3.63, 3.8) is 0 Å². The van der Waals surface area contributed by atoms with Crippen LogP contribution in [-0.4, -0.2) is 57.6 Å². The fourth-order valence-electron chi connectivity index (χ4n) is 1.52. The van der Waals surface area contributed by atoms with Crippen molar-refractivity contribution in [2.24, 2.45) is 0 Å². The van der Waals surface area contributed by atoms with Crippen LogP contribution in [0.25, 0.3) is 0 Å². The van der Waals surface area contributed by atoms with Crippen molar-refractivity contribution in [1.82, 2.24) is 10.3 Å². The molecule has 1 fully saturated rings. The third kappa shape index (κ3) is 3.18. The average Bonchev–Trinajstić information content (AvgIpc) is 3.18. The highest BCUT2D eigenvalue weighted by Gasteiger charge is 2.32. The lowest BCUT2D eigenvalue weighted by Crippen LogP contribution is -2.57. The van der Waals surface area contributed by atoms with E-state index in [0.717, 1.165) is 24.2 Å². The summed E-state index contributed by atoms with van der Waals surface area (Å²) in [7, 11) is 0. The van der Waals surface area contributed by atoms with Crippen LogP contribution in [0.2, 0.25) is 0 Å². The molecule has 1 heterocycles. The number of aromatic nitrogens is 1. The molecule has 7 N–H and O–H groups in total. The first kappa shape index (κ1) is 15.0. The van der Waals surface area contributed by atoms with Gasteiger partial charge < -0.3 is 31.7 Å². The number of nitrogen functional groups attached to an aromatic ring is 1. The number of anilines is 2. The summed E-state index contributed by atoms with van der Waals surface area (Å²) in [4.78, 5) is 16.3. The van der Waals surface area contributed by atoms with Crippen LogP contribution in [0.4, 0.5) is 10.9 Å². The van der Waals surface area contributed by atoms with E-state index in [1.165, 1.54) is 0 Å². The van der Waals surface area contributed by atoms with Gasteiger partial charge in [0.05, 0.1) is 19.8 Å². The van der Waals surface area contributed by atoms with Gasteiger partial charge in [0.25, 0.3) is 5.91 Å². The molecule has 1 aromatic heterocycles. The third-order valence-corrected chi connectivity index (χ3v) is 4.05. The summed E-state index contributed by atoms with van der Waals surface area (Å²) in [6, 6.07) is 0.392. The van der Waals surface area contributed by atoms with Crippen LogP contribution >= 0.6 is 11.3 Å². The number of aliphatic hydroxyl groups is 3. The molecule has 0 radical (unpaired) electrons. The number of hydrogen-bond acceptors (Lipinski definition) is 8. The molecule has 1 saturated carbocycles. The smallest absolute Gasteiger partial charge is 0.265 e. The highest BCUT2D eigenvalue weighted by molar-refractivity contribution is 7.18. The number of hydrogen-bond donors (Lipinski definition) is 6. The van der Waals surface area contributed by atoms with Gasteiger partial charge in [0.2, 0.25) is 0 Å². The van der Waals surface area contributed by atoms with Gasteiger partial charge in [-0.3, -0.25) is 4.79 Å². The van der Waals surface area contributed by atoms with Crippen LogP contribution < -0.4 is 16.4 Å². The summed E-state index contributed by atoms with van der Waals surface area (Å²) in [5.41, 5.74) is 4.22. The second-order valence-corrected chi connectivity index (χ2v) is 5.86. The summed E-state index contributed by atoms with van der Waals surface area (Å²) in [6.45, 7) is -1.76. The Bertz CT molecular complexity index is 477. The predicted molar refractivity (Wildman–Crippen MR) is 74.6 cm³/mol. The lowest BCUT2D eigenvalue weighted by atomic mass is 10.0. The molecule has 0 unspecified atom stereocenters. The first-order valence-corrected chi connectivity index (χ1v) is 7.03. The molecular formula is C11H18N4O4S. The van der Waals surface area contributed by atoms with Gasteiger partial charge in [-0.2, -0.15) is 0 Å². The number of nitrogens with zero attached hydrogens (tertiary/aromatic N) is 1. The normalized spacial score (nSPS) is 15.2.